The standard InChI is InChI=1S/C21H26FN5O4.2C2H6/c1-14(28)24-11-17-13-27(21(29)31-17)15-2-4-19(18(22)10-15)26-8-6-25(7-9-26)12-16-3-5-20(23)30-16;2*1-2/h2-5,10,17H,6-9,11-13,23H2,1H3,(H,24,28);2*1-2H3/t17-;;/m0../s1. The number of anilines is 3. The summed E-state index contributed by atoms with van der Waals surface area (Å²) < 4.78 is 25.6. The molecule has 3 N–H and O–H groups in total. The van der Waals surface area contributed by atoms with E-state index in [9.17, 15) is 14.0 Å². The lowest BCUT2D eigenvalue weighted by Crippen LogP contribution is -2.46. The third-order valence-electron chi connectivity index (χ3n) is 5.47. The Hall–Kier alpha value is -3.27. The number of halogens is 1. The average molecular weight is 492 g/mol. The van der Waals surface area contributed by atoms with E-state index in [0.29, 0.717) is 36.9 Å². The Morgan fingerprint density at radius 1 is 1.11 bits per heavy atom. The molecular weight excluding hydrogens is 453 g/mol. The number of nitrogens with zero attached hydrogens (tertiary/aromatic N) is 3. The van der Waals surface area contributed by atoms with Gasteiger partial charge in [-0.25, -0.2) is 9.18 Å². The lowest BCUT2D eigenvalue weighted by Gasteiger charge is -2.36. The van der Waals surface area contributed by atoms with E-state index in [2.05, 4.69) is 10.2 Å². The van der Waals surface area contributed by atoms with Crippen molar-refractivity contribution in [1.29, 1.82) is 0 Å². The molecule has 2 aromatic rings. The van der Waals surface area contributed by atoms with Gasteiger partial charge in [-0.15, -0.1) is 0 Å². The highest BCUT2D eigenvalue weighted by Gasteiger charge is 2.33. The quantitative estimate of drug-likeness (QED) is 0.633. The zero-order valence-electron chi connectivity index (χ0n) is 21.3. The van der Waals surface area contributed by atoms with Crippen LogP contribution in [0.4, 0.5) is 26.4 Å². The van der Waals surface area contributed by atoms with Gasteiger partial charge in [-0.05, 0) is 24.3 Å². The maximum atomic E-state index is 14.9. The van der Waals surface area contributed by atoms with Crippen LogP contribution in [0.25, 0.3) is 0 Å². The molecule has 2 aliphatic heterocycles. The van der Waals surface area contributed by atoms with Crippen molar-refractivity contribution in [2.45, 2.75) is 47.3 Å². The van der Waals surface area contributed by atoms with E-state index in [1.807, 2.05) is 38.7 Å². The number of nitrogen functional groups attached to an aromatic ring is 1. The Kier molecular flexibility index (Phi) is 10.8. The predicted octanol–water partition coefficient (Wildman–Crippen LogP) is 3.84. The summed E-state index contributed by atoms with van der Waals surface area (Å²) in [6.07, 6.45) is -1.01. The third kappa shape index (κ3) is 7.61. The molecule has 2 saturated heterocycles. The summed E-state index contributed by atoms with van der Waals surface area (Å²) in [6.45, 7) is 13.4. The first-order chi connectivity index (χ1) is 16.9. The van der Waals surface area contributed by atoms with Crippen LogP contribution in [0.3, 0.4) is 0 Å². The van der Waals surface area contributed by atoms with Crippen LogP contribution in [0.5, 0.6) is 0 Å². The minimum absolute atomic E-state index is 0.196. The van der Waals surface area contributed by atoms with Gasteiger partial charge in [-0.1, -0.05) is 27.7 Å². The van der Waals surface area contributed by atoms with Crippen LogP contribution in [0.2, 0.25) is 0 Å². The highest BCUT2D eigenvalue weighted by molar-refractivity contribution is 5.90. The molecule has 2 fully saturated rings. The van der Waals surface area contributed by atoms with Crippen molar-refractivity contribution < 1.29 is 23.1 Å². The van der Waals surface area contributed by atoms with Gasteiger partial charge in [-0.2, -0.15) is 0 Å². The number of piperazine rings is 1. The molecule has 35 heavy (non-hydrogen) atoms. The Bertz CT molecular complexity index is 959. The smallest absolute Gasteiger partial charge is 0.414 e. The third-order valence-corrected chi connectivity index (χ3v) is 5.47. The Morgan fingerprint density at radius 2 is 1.80 bits per heavy atom. The van der Waals surface area contributed by atoms with E-state index in [-0.39, 0.29) is 24.8 Å². The number of carbonyl (C=O) groups excluding carboxylic acids is 2. The zero-order chi connectivity index (χ0) is 26.0. The summed E-state index contributed by atoms with van der Waals surface area (Å²) in [5, 5.41) is 2.62. The lowest BCUT2D eigenvalue weighted by atomic mass is 10.2. The lowest BCUT2D eigenvalue weighted by molar-refractivity contribution is -0.119. The predicted molar refractivity (Wildman–Crippen MR) is 136 cm³/mol. The van der Waals surface area contributed by atoms with E-state index < -0.39 is 12.2 Å². The Labute approximate surface area is 207 Å². The second-order valence-corrected chi connectivity index (χ2v) is 7.76. The number of amides is 2. The number of carbonyl (C=O) groups is 2. The van der Waals surface area contributed by atoms with Crippen molar-refractivity contribution >= 4 is 29.3 Å². The van der Waals surface area contributed by atoms with Gasteiger partial charge in [0.15, 0.2) is 5.88 Å². The normalized spacial score (nSPS) is 17.7. The van der Waals surface area contributed by atoms with Crippen LogP contribution in [0.1, 0.15) is 40.4 Å². The molecule has 10 heteroatoms. The molecule has 0 spiro atoms. The number of nitrogens with two attached hydrogens (primary N) is 1. The number of rotatable bonds is 6. The van der Waals surface area contributed by atoms with Gasteiger partial charge in [0.05, 0.1) is 31.0 Å². The molecule has 1 aromatic carbocycles. The summed E-state index contributed by atoms with van der Waals surface area (Å²) in [5.74, 6) is 0.635. The van der Waals surface area contributed by atoms with Crippen molar-refractivity contribution in [3.05, 3.63) is 41.9 Å². The van der Waals surface area contributed by atoms with Crippen LogP contribution in [0, 0.1) is 5.82 Å². The van der Waals surface area contributed by atoms with Crippen molar-refractivity contribution in [2.24, 2.45) is 0 Å². The number of nitrogens with one attached hydrogen (secondary N) is 1. The molecule has 3 heterocycles. The molecule has 1 atom stereocenters. The molecule has 194 valence electrons. The second kappa shape index (κ2) is 13.6. The molecule has 0 saturated carbocycles. The van der Waals surface area contributed by atoms with E-state index in [4.69, 9.17) is 14.9 Å². The van der Waals surface area contributed by atoms with Crippen LogP contribution in [-0.2, 0) is 16.1 Å². The van der Waals surface area contributed by atoms with Gasteiger partial charge in [0.1, 0.15) is 17.7 Å². The summed E-state index contributed by atoms with van der Waals surface area (Å²) >= 11 is 0. The fourth-order valence-electron chi connectivity index (χ4n) is 3.86. The van der Waals surface area contributed by atoms with Gasteiger partial charge >= 0.3 is 6.09 Å². The Balaban J connectivity index is 0.00000103. The van der Waals surface area contributed by atoms with Crippen molar-refractivity contribution in [3.63, 3.8) is 0 Å². The van der Waals surface area contributed by atoms with Gasteiger partial charge in [0.25, 0.3) is 0 Å². The van der Waals surface area contributed by atoms with Crippen molar-refractivity contribution in [1.82, 2.24) is 10.2 Å². The number of hydrogen-bond acceptors (Lipinski definition) is 7. The molecule has 2 aliphatic rings. The molecule has 0 aliphatic carbocycles. The summed E-state index contributed by atoms with van der Waals surface area (Å²) in [7, 11) is 0. The zero-order valence-corrected chi connectivity index (χ0v) is 21.3. The SMILES string of the molecule is CC.CC.CC(=O)NC[C@H]1CN(c2ccc(N3CCN(Cc4ccc(N)o4)CC3)c(F)c2)C(=O)O1. The van der Waals surface area contributed by atoms with Crippen LogP contribution < -0.4 is 20.9 Å². The van der Waals surface area contributed by atoms with E-state index >= 15 is 0 Å². The minimum Gasteiger partial charge on any atom is -0.445 e. The molecule has 4 rings (SSSR count). The largest absolute Gasteiger partial charge is 0.445 e. The van der Waals surface area contributed by atoms with E-state index in [1.54, 1.807) is 18.2 Å². The second-order valence-electron chi connectivity index (χ2n) is 7.76. The monoisotopic (exact) mass is 491 g/mol. The summed E-state index contributed by atoms with van der Waals surface area (Å²) in [6, 6.07) is 8.38. The molecule has 0 unspecified atom stereocenters. The number of benzene rings is 1. The minimum atomic E-state index is -0.547. The fraction of sp³-hybridized carbons (Fsp3) is 0.520. The maximum absolute atomic E-state index is 14.9. The molecule has 1 aromatic heterocycles. The highest BCUT2D eigenvalue weighted by atomic mass is 19.1. The number of hydrogen-bond donors (Lipinski definition) is 2. The topological polar surface area (TPSA) is 104 Å². The fourth-order valence-corrected chi connectivity index (χ4v) is 3.86. The van der Waals surface area contributed by atoms with Gasteiger partial charge in [0, 0.05) is 39.2 Å². The molecule has 2 amide bonds. The van der Waals surface area contributed by atoms with Crippen LogP contribution >= 0.6 is 0 Å². The number of furan rings is 1. The first-order valence-corrected chi connectivity index (χ1v) is 12.2. The number of cyclic esters (lactones) is 1. The maximum Gasteiger partial charge on any atom is 0.414 e. The number of ether oxygens (including phenoxy) is 1. The molecular formula is C25H38FN5O4. The Morgan fingerprint density at radius 3 is 2.37 bits per heavy atom. The molecule has 0 radical (unpaired) electrons. The van der Waals surface area contributed by atoms with E-state index in [1.165, 1.54) is 17.9 Å². The van der Waals surface area contributed by atoms with Crippen LogP contribution in [0.15, 0.2) is 34.7 Å². The van der Waals surface area contributed by atoms with Crippen molar-refractivity contribution in [3.8, 4) is 0 Å². The summed E-state index contributed by atoms with van der Waals surface area (Å²) in [5.41, 5.74) is 6.56. The van der Waals surface area contributed by atoms with Crippen molar-refractivity contribution in [2.75, 3.05) is 54.8 Å². The molecule has 0 bridgehead atoms. The average Bonchev–Trinajstić information content (AvgIpc) is 3.45. The first-order valence-electron chi connectivity index (χ1n) is 12.2. The highest BCUT2D eigenvalue weighted by Crippen LogP contribution is 2.28. The van der Waals surface area contributed by atoms with Crippen LogP contribution in [-0.4, -0.2) is 62.3 Å². The van der Waals surface area contributed by atoms with Gasteiger partial charge < -0.3 is 25.1 Å². The van der Waals surface area contributed by atoms with Gasteiger partial charge in [-0.3, -0.25) is 14.6 Å². The first kappa shape index (κ1) is 28.0. The molecule has 9 nitrogen and oxygen atoms in total. The van der Waals surface area contributed by atoms with Gasteiger partial charge in [0.2, 0.25) is 5.91 Å². The summed E-state index contributed by atoms with van der Waals surface area (Å²) in [4.78, 5) is 28.8. The van der Waals surface area contributed by atoms with E-state index in [0.717, 1.165) is 18.8 Å².